The number of imidazole rings is 3. The van der Waals surface area contributed by atoms with Crippen LogP contribution in [-0.2, 0) is 19.3 Å². The summed E-state index contributed by atoms with van der Waals surface area (Å²) in [6.45, 7) is 6.71. The molecular weight excluding hydrogens is 661 g/mol. The van der Waals surface area contributed by atoms with E-state index in [-0.39, 0.29) is 0 Å². The van der Waals surface area contributed by atoms with Crippen LogP contribution in [-0.4, -0.2) is 28.7 Å². The highest BCUT2D eigenvalue weighted by Gasteiger charge is 2.29. The Labute approximate surface area is 314 Å². The zero-order chi connectivity index (χ0) is 36.3. The quantitative estimate of drug-likeness (QED) is 0.150. The molecule has 0 radical (unpaired) electrons. The number of rotatable bonds is 9. The minimum Gasteiger partial charge on any atom is -0.294 e. The maximum Gasteiger partial charge on any atom is 0.118 e. The predicted octanol–water partition coefficient (Wildman–Crippen LogP) is 12.0. The number of hydrogen-bond acceptors (Lipinski definition) is 3. The molecule has 0 amide bonds. The molecule has 0 atom stereocenters. The van der Waals surface area contributed by atoms with Crippen molar-refractivity contribution in [3.63, 3.8) is 0 Å². The fourth-order valence-electron chi connectivity index (χ4n) is 8.51. The zero-order valence-corrected chi connectivity index (χ0v) is 31.1. The summed E-state index contributed by atoms with van der Waals surface area (Å²) >= 11 is 0. The van der Waals surface area contributed by atoms with E-state index < -0.39 is 0 Å². The second-order valence-corrected chi connectivity index (χ2v) is 14.5. The van der Waals surface area contributed by atoms with E-state index in [1.807, 2.05) is 0 Å². The highest BCUT2D eigenvalue weighted by molar-refractivity contribution is 6.20. The maximum atomic E-state index is 5.61. The predicted molar refractivity (Wildman–Crippen MR) is 225 cm³/mol. The van der Waals surface area contributed by atoms with Crippen LogP contribution in [0.4, 0.5) is 0 Å². The number of aromatic nitrogens is 6. The van der Waals surface area contributed by atoms with E-state index in [1.165, 1.54) is 32.3 Å². The molecule has 0 unspecified atom stereocenters. The van der Waals surface area contributed by atoms with Gasteiger partial charge in [0, 0.05) is 36.3 Å². The minimum absolute atomic E-state index is 0.837. The Bertz CT molecular complexity index is 2690. The molecule has 3 aromatic heterocycles. The molecule has 54 heavy (non-hydrogen) atoms. The van der Waals surface area contributed by atoms with Gasteiger partial charge in [0.15, 0.2) is 0 Å². The lowest BCUT2D eigenvalue weighted by Crippen LogP contribution is -2.02. The molecule has 0 aliphatic carbocycles. The SMILES string of the molecule is CCCc1nc2c(c3nc(CCC)n(-c4ccc5ccccc5c4)c3c3nc(CCC)n(-c4ccc5ccccc5c4)c23)n1-c1ccc2ccccc2c1. The van der Waals surface area contributed by atoms with Crippen LogP contribution in [0.2, 0.25) is 0 Å². The molecule has 0 aliphatic rings. The molecule has 0 saturated carbocycles. The first-order valence-corrected chi connectivity index (χ1v) is 19.5. The molecule has 6 nitrogen and oxygen atoms in total. The summed E-state index contributed by atoms with van der Waals surface area (Å²) in [5.41, 5.74) is 9.26. The molecule has 10 aromatic rings. The van der Waals surface area contributed by atoms with Gasteiger partial charge in [0.05, 0.1) is 0 Å². The van der Waals surface area contributed by atoms with Gasteiger partial charge in [0.25, 0.3) is 0 Å². The van der Waals surface area contributed by atoms with Crippen LogP contribution in [0.5, 0.6) is 0 Å². The molecule has 0 bridgehead atoms. The van der Waals surface area contributed by atoms with Crippen LogP contribution >= 0.6 is 0 Å². The van der Waals surface area contributed by atoms with Gasteiger partial charge in [-0.2, -0.15) is 0 Å². The Morgan fingerprint density at radius 3 is 0.907 bits per heavy atom. The maximum absolute atomic E-state index is 5.61. The van der Waals surface area contributed by atoms with Crippen molar-refractivity contribution in [3.8, 4) is 17.1 Å². The van der Waals surface area contributed by atoms with Crippen molar-refractivity contribution in [1.82, 2.24) is 28.7 Å². The van der Waals surface area contributed by atoms with Crippen molar-refractivity contribution in [1.29, 1.82) is 0 Å². The van der Waals surface area contributed by atoms with Gasteiger partial charge < -0.3 is 0 Å². The van der Waals surface area contributed by atoms with E-state index >= 15 is 0 Å². The molecule has 0 saturated heterocycles. The summed E-state index contributed by atoms with van der Waals surface area (Å²) in [6, 6.07) is 46.2. The van der Waals surface area contributed by atoms with Crippen LogP contribution in [0.25, 0.3) is 82.5 Å². The Morgan fingerprint density at radius 1 is 0.352 bits per heavy atom. The summed E-state index contributed by atoms with van der Waals surface area (Å²) in [7, 11) is 0. The van der Waals surface area contributed by atoms with Crippen molar-refractivity contribution in [3.05, 3.63) is 145 Å². The third-order valence-corrected chi connectivity index (χ3v) is 10.9. The average molecular weight is 703 g/mol. The fourth-order valence-corrected chi connectivity index (χ4v) is 8.51. The second-order valence-electron chi connectivity index (χ2n) is 14.5. The van der Waals surface area contributed by atoms with Crippen LogP contribution in [0.3, 0.4) is 0 Å². The first-order valence-electron chi connectivity index (χ1n) is 19.5. The van der Waals surface area contributed by atoms with Gasteiger partial charge in [-0.15, -0.1) is 0 Å². The van der Waals surface area contributed by atoms with Crippen molar-refractivity contribution in [2.75, 3.05) is 0 Å². The molecule has 3 heterocycles. The molecule has 264 valence electrons. The lowest BCUT2D eigenvalue weighted by atomic mass is 10.1. The number of hydrogen-bond donors (Lipinski definition) is 0. The average Bonchev–Trinajstić information content (AvgIpc) is 3.89. The monoisotopic (exact) mass is 702 g/mol. The molecule has 0 aliphatic heterocycles. The molecule has 10 rings (SSSR count). The Hall–Kier alpha value is -6.27. The summed E-state index contributed by atoms with van der Waals surface area (Å²) in [6.07, 6.45) is 5.43. The van der Waals surface area contributed by atoms with Gasteiger partial charge >= 0.3 is 0 Å². The highest BCUT2D eigenvalue weighted by Crippen LogP contribution is 2.41. The highest BCUT2D eigenvalue weighted by atomic mass is 15.2. The Kier molecular flexibility index (Phi) is 7.79. The normalized spacial score (nSPS) is 12.1. The topological polar surface area (TPSA) is 53.5 Å². The van der Waals surface area contributed by atoms with Gasteiger partial charge in [0.2, 0.25) is 0 Å². The van der Waals surface area contributed by atoms with Crippen molar-refractivity contribution in [2.24, 2.45) is 0 Å². The van der Waals surface area contributed by atoms with Gasteiger partial charge in [-0.25, -0.2) is 15.0 Å². The smallest absolute Gasteiger partial charge is 0.118 e. The molecular formula is C48H42N6. The lowest BCUT2D eigenvalue weighted by molar-refractivity contribution is 0.816. The summed E-state index contributed by atoms with van der Waals surface area (Å²) in [5, 5.41) is 7.28. The first-order chi connectivity index (χ1) is 26.6. The third-order valence-electron chi connectivity index (χ3n) is 10.9. The second kappa shape index (κ2) is 13.0. The van der Waals surface area contributed by atoms with E-state index in [2.05, 4.69) is 162 Å². The Balaban J connectivity index is 1.41. The molecule has 0 spiro atoms. The zero-order valence-electron chi connectivity index (χ0n) is 31.1. The van der Waals surface area contributed by atoms with E-state index in [9.17, 15) is 0 Å². The standard InChI is InChI=1S/C48H42N6/c1-4-13-40-49-43-46(52(40)37-25-22-31-16-7-10-19-34(31)28-37)44-48(54(41(50-44)14-5-2)39-27-24-33-18-9-12-21-36(33)30-39)45-47(43)53(42(51-45)15-6-3)38-26-23-32-17-8-11-20-35(32)29-38/h7-12,16-30H,4-6,13-15H2,1-3H3. The summed E-state index contributed by atoms with van der Waals surface area (Å²) in [5.74, 6) is 3.12. The van der Waals surface area contributed by atoms with Crippen molar-refractivity contribution >= 4 is 65.4 Å². The van der Waals surface area contributed by atoms with Gasteiger partial charge in [-0.1, -0.05) is 112 Å². The van der Waals surface area contributed by atoms with E-state index in [0.717, 1.165) is 106 Å². The van der Waals surface area contributed by atoms with Crippen molar-refractivity contribution in [2.45, 2.75) is 59.3 Å². The van der Waals surface area contributed by atoms with Crippen LogP contribution < -0.4 is 0 Å². The number of fused-ring (bicyclic) bond motifs is 9. The molecule has 0 fully saturated rings. The van der Waals surface area contributed by atoms with Gasteiger partial charge in [0.1, 0.15) is 50.6 Å². The Morgan fingerprint density at radius 2 is 0.630 bits per heavy atom. The molecule has 7 aromatic carbocycles. The van der Waals surface area contributed by atoms with Crippen LogP contribution in [0.1, 0.15) is 57.5 Å². The number of nitrogens with zero attached hydrogens (tertiary/aromatic N) is 6. The van der Waals surface area contributed by atoms with E-state index in [4.69, 9.17) is 15.0 Å². The lowest BCUT2D eigenvalue weighted by Gasteiger charge is -2.13. The van der Waals surface area contributed by atoms with Crippen LogP contribution in [0.15, 0.2) is 127 Å². The minimum atomic E-state index is 0.837. The number of aryl methyl sites for hydroxylation is 3. The summed E-state index contributed by atoms with van der Waals surface area (Å²) in [4.78, 5) is 16.8. The van der Waals surface area contributed by atoms with Gasteiger partial charge in [-0.3, -0.25) is 13.7 Å². The first kappa shape index (κ1) is 32.4. The van der Waals surface area contributed by atoms with Gasteiger partial charge in [-0.05, 0) is 88.0 Å². The van der Waals surface area contributed by atoms with Crippen molar-refractivity contribution < 1.29 is 0 Å². The molecule has 6 heteroatoms. The van der Waals surface area contributed by atoms with E-state index in [1.54, 1.807) is 0 Å². The summed E-state index contributed by atoms with van der Waals surface area (Å²) < 4.78 is 7.20. The largest absolute Gasteiger partial charge is 0.294 e. The fraction of sp³-hybridized carbons (Fsp3) is 0.188. The number of benzene rings is 7. The molecule has 0 N–H and O–H groups in total. The van der Waals surface area contributed by atoms with Crippen LogP contribution in [0, 0.1) is 0 Å². The third kappa shape index (κ3) is 5.04. The van der Waals surface area contributed by atoms with E-state index in [0.29, 0.717) is 0 Å².